The molecular formula is C26H28N4O4. The summed E-state index contributed by atoms with van der Waals surface area (Å²) in [6.07, 6.45) is 5.88. The van der Waals surface area contributed by atoms with Gasteiger partial charge in [0.15, 0.2) is 5.76 Å². The van der Waals surface area contributed by atoms with Crippen LogP contribution in [0.1, 0.15) is 46.6 Å². The van der Waals surface area contributed by atoms with E-state index in [9.17, 15) is 14.4 Å². The van der Waals surface area contributed by atoms with Gasteiger partial charge in [0.2, 0.25) is 5.91 Å². The monoisotopic (exact) mass is 460 g/mol. The minimum atomic E-state index is -0.349. The van der Waals surface area contributed by atoms with E-state index in [1.54, 1.807) is 60.7 Å². The van der Waals surface area contributed by atoms with Gasteiger partial charge in [-0.1, -0.05) is 18.9 Å². The molecule has 0 bridgehead atoms. The number of hydrogen-bond acceptors (Lipinski definition) is 5. The molecule has 8 heteroatoms. The van der Waals surface area contributed by atoms with E-state index in [0.717, 1.165) is 25.9 Å². The molecule has 2 aromatic carbocycles. The van der Waals surface area contributed by atoms with Crippen LogP contribution in [0.4, 0.5) is 17.1 Å². The number of nitrogens with one attached hydrogen (secondary N) is 3. The average Bonchev–Trinajstić information content (AvgIpc) is 3.26. The molecule has 176 valence electrons. The van der Waals surface area contributed by atoms with E-state index in [0.29, 0.717) is 22.6 Å². The van der Waals surface area contributed by atoms with Crippen LogP contribution in [0.25, 0.3) is 0 Å². The van der Waals surface area contributed by atoms with Crippen molar-refractivity contribution in [3.8, 4) is 0 Å². The molecule has 0 radical (unpaired) electrons. The Hall–Kier alpha value is -4.07. The second kappa shape index (κ2) is 11.2. The number of hydrogen-bond donors (Lipinski definition) is 3. The quantitative estimate of drug-likeness (QED) is 0.478. The Balaban J connectivity index is 1.27. The highest BCUT2D eigenvalue weighted by Gasteiger charge is 2.17. The van der Waals surface area contributed by atoms with Gasteiger partial charge in [0.05, 0.1) is 12.8 Å². The molecule has 1 aliphatic heterocycles. The summed E-state index contributed by atoms with van der Waals surface area (Å²) in [6, 6.07) is 17.3. The first-order valence-electron chi connectivity index (χ1n) is 11.5. The maximum Gasteiger partial charge on any atom is 0.291 e. The Kier molecular flexibility index (Phi) is 7.60. The van der Waals surface area contributed by atoms with Gasteiger partial charge in [-0.25, -0.2) is 0 Å². The number of anilines is 3. The molecule has 3 amide bonds. The molecule has 2 heterocycles. The summed E-state index contributed by atoms with van der Waals surface area (Å²) in [7, 11) is 0. The van der Waals surface area contributed by atoms with E-state index in [4.69, 9.17) is 4.42 Å². The topological polar surface area (TPSA) is 104 Å². The van der Waals surface area contributed by atoms with E-state index < -0.39 is 0 Å². The molecule has 34 heavy (non-hydrogen) atoms. The molecule has 0 atom stereocenters. The highest BCUT2D eigenvalue weighted by atomic mass is 16.3. The Labute approximate surface area is 198 Å². The molecular weight excluding hydrogens is 432 g/mol. The average molecular weight is 461 g/mol. The van der Waals surface area contributed by atoms with Crippen molar-refractivity contribution in [3.05, 3.63) is 78.3 Å². The van der Waals surface area contributed by atoms with E-state index in [1.807, 2.05) is 4.90 Å². The second-order valence-corrected chi connectivity index (χ2v) is 8.20. The predicted molar refractivity (Wildman–Crippen MR) is 131 cm³/mol. The molecule has 0 spiro atoms. The number of benzene rings is 2. The fourth-order valence-corrected chi connectivity index (χ4v) is 3.85. The molecule has 1 saturated heterocycles. The predicted octanol–water partition coefficient (Wildman–Crippen LogP) is 4.60. The molecule has 0 unspecified atom stereocenters. The van der Waals surface area contributed by atoms with Crippen molar-refractivity contribution in [2.24, 2.45) is 0 Å². The Bertz CT molecular complexity index is 1120. The minimum Gasteiger partial charge on any atom is -0.459 e. The lowest BCUT2D eigenvalue weighted by Gasteiger charge is -2.20. The van der Waals surface area contributed by atoms with E-state index in [1.165, 1.54) is 19.1 Å². The van der Waals surface area contributed by atoms with Crippen molar-refractivity contribution in [2.75, 3.05) is 35.6 Å². The number of nitrogens with zero attached hydrogens (tertiary/aromatic N) is 1. The van der Waals surface area contributed by atoms with Crippen LogP contribution in [0.2, 0.25) is 0 Å². The van der Waals surface area contributed by atoms with Crippen molar-refractivity contribution in [1.29, 1.82) is 0 Å². The number of rotatable bonds is 7. The summed E-state index contributed by atoms with van der Waals surface area (Å²) >= 11 is 0. The third-order valence-electron chi connectivity index (χ3n) is 5.63. The molecule has 0 aliphatic carbocycles. The van der Waals surface area contributed by atoms with Gasteiger partial charge in [0.25, 0.3) is 11.8 Å². The van der Waals surface area contributed by atoms with E-state index in [2.05, 4.69) is 16.0 Å². The van der Waals surface area contributed by atoms with Crippen molar-refractivity contribution in [1.82, 2.24) is 4.90 Å². The summed E-state index contributed by atoms with van der Waals surface area (Å²) in [5, 5.41) is 8.62. The summed E-state index contributed by atoms with van der Waals surface area (Å²) in [5.41, 5.74) is 2.52. The van der Waals surface area contributed by atoms with Gasteiger partial charge in [-0.2, -0.15) is 0 Å². The van der Waals surface area contributed by atoms with Crippen LogP contribution in [0.3, 0.4) is 0 Å². The first-order chi connectivity index (χ1) is 16.6. The van der Waals surface area contributed by atoms with E-state index in [-0.39, 0.29) is 30.0 Å². The number of furan rings is 1. The fraction of sp³-hybridized carbons (Fsp3) is 0.269. The SMILES string of the molecule is O=C(CNc1cccc(NC(=O)c2ccco2)c1)Nc1ccc(C(=O)N2CCCCCC2)cc1. The summed E-state index contributed by atoms with van der Waals surface area (Å²) < 4.78 is 5.09. The van der Waals surface area contributed by atoms with Crippen molar-refractivity contribution < 1.29 is 18.8 Å². The number of amides is 3. The molecule has 1 aliphatic rings. The van der Waals surface area contributed by atoms with Crippen LogP contribution in [0.5, 0.6) is 0 Å². The lowest BCUT2D eigenvalue weighted by molar-refractivity contribution is -0.114. The second-order valence-electron chi connectivity index (χ2n) is 8.20. The standard InChI is InChI=1S/C26H28N4O4/c31-24(18-27-21-7-5-8-22(17-21)29-25(32)23-9-6-16-34-23)28-20-12-10-19(11-13-20)26(33)30-14-3-1-2-4-15-30/h5-13,16-17,27H,1-4,14-15,18H2,(H,28,31)(H,29,32). The highest BCUT2D eigenvalue weighted by molar-refractivity contribution is 6.02. The van der Waals surface area contributed by atoms with Crippen molar-refractivity contribution in [3.63, 3.8) is 0 Å². The third kappa shape index (κ3) is 6.25. The van der Waals surface area contributed by atoms with Gasteiger partial charge in [-0.05, 0) is 67.4 Å². The van der Waals surface area contributed by atoms with Crippen LogP contribution >= 0.6 is 0 Å². The highest BCUT2D eigenvalue weighted by Crippen LogP contribution is 2.18. The van der Waals surface area contributed by atoms with Crippen LogP contribution in [-0.4, -0.2) is 42.3 Å². The largest absolute Gasteiger partial charge is 0.459 e. The number of carbonyl (C=O) groups is 3. The number of likely N-dealkylation sites (tertiary alicyclic amines) is 1. The Morgan fingerprint density at radius 3 is 2.24 bits per heavy atom. The van der Waals surface area contributed by atoms with Crippen LogP contribution in [0.15, 0.2) is 71.3 Å². The summed E-state index contributed by atoms with van der Waals surface area (Å²) in [6.45, 7) is 1.65. The molecule has 0 saturated carbocycles. The summed E-state index contributed by atoms with van der Waals surface area (Å²) in [5.74, 6) is -0.313. The maximum absolute atomic E-state index is 12.7. The maximum atomic E-state index is 12.7. The Morgan fingerprint density at radius 1 is 0.794 bits per heavy atom. The Morgan fingerprint density at radius 2 is 1.53 bits per heavy atom. The van der Waals surface area contributed by atoms with Crippen LogP contribution < -0.4 is 16.0 Å². The zero-order valence-electron chi connectivity index (χ0n) is 18.9. The van der Waals surface area contributed by atoms with Gasteiger partial charge in [-0.3, -0.25) is 14.4 Å². The zero-order chi connectivity index (χ0) is 23.8. The van der Waals surface area contributed by atoms with Crippen LogP contribution in [-0.2, 0) is 4.79 Å². The van der Waals surface area contributed by atoms with E-state index >= 15 is 0 Å². The van der Waals surface area contributed by atoms with Gasteiger partial charge in [0, 0.05) is 35.7 Å². The molecule has 3 aromatic rings. The van der Waals surface area contributed by atoms with Crippen LogP contribution in [0, 0.1) is 0 Å². The molecule has 1 aromatic heterocycles. The van der Waals surface area contributed by atoms with Gasteiger partial charge < -0.3 is 25.3 Å². The smallest absolute Gasteiger partial charge is 0.291 e. The molecule has 1 fully saturated rings. The fourth-order valence-electron chi connectivity index (χ4n) is 3.85. The lowest BCUT2D eigenvalue weighted by atomic mass is 10.1. The lowest BCUT2D eigenvalue weighted by Crippen LogP contribution is -2.31. The number of carbonyl (C=O) groups excluding carboxylic acids is 3. The van der Waals surface area contributed by atoms with Crippen molar-refractivity contribution in [2.45, 2.75) is 25.7 Å². The zero-order valence-corrected chi connectivity index (χ0v) is 18.9. The normalized spacial score (nSPS) is 13.6. The molecule has 8 nitrogen and oxygen atoms in total. The molecule has 4 rings (SSSR count). The minimum absolute atomic E-state index is 0.0421. The first-order valence-corrected chi connectivity index (χ1v) is 11.5. The van der Waals surface area contributed by atoms with Crippen molar-refractivity contribution >= 4 is 34.8 Å². The van der Waals surface area contributed by atoms with Gasteiger partial charge >= 0.3 is 0 Å². The molecule has 3 N–H and O–H groups in total. The summed E-state index contributed by atoms with van der Waals surface area (Å²) in [4.78, 5) is 39.1. The van der Waals surface area contributed by atoms with Gasteiger partial charge in [0.1, 0.15) is 0 Å². The first kappa shape index (κ1) is 23.1. The van der Waals surface area contributed by atoms with Gasteiger partial charge in [-0.15, -0.1) is 0 Å². The third-order valence-corrected chi connectivity index (χ3v) is 5.63.